The molecule has 1 aliphatic rings. The quantitative estimate of drug-likeness (QED) is 0.544. The summed E-state index contributed by atoms with van der Waals surface area (Å²) in [7, 11) is 0. The molecule has 0 bridgehead atoms. The molecule has 1 unspecified atom stereocenters. The lowest BCUT2D eigenvalue weighted by atomic mass is 10.1. The van der Waals surface area contributed by atoms with Gasteiger partial charge in [-0.1, -0.05) is 12.2 Å². The molecule has 14 heavy (non-hydrogen) atoms. The second-order valence-corrected chi connectivity index (χ2v) is 4.09. The monoisotopic (exact) mass is 217 g/mol. The van der Waals surface area contributed by atoms with Crippen LogP contribution in [0.2, 0.25) is 0 Å². The molecule has 0 saturated carbocycles. The summed E-state index contributed by atoms with van der Waals surface area (Å²) in [5.74, 6) is 0.606. The van der Waals surface area contributed by atoms with E-state index in [2.05, 4.69) is 11.0 Å². The third kappa shape index (κ3) is 3.99. The zero-order chi connectivity index (χ0) is 10.2. The second kappa shape index (κ2) is 7.27. The van der Waals surface area contributed by atoms with Gasteiger partial charge in [0.1, 0.15) is 0 Å². The molecule has 1 aliphatic heterocycles. The van der Waals surface area contributed by atoms with E-state index in [-0.39, 0.29) is 0 Å². The smallest absolute Gasteiger partial charge is 0.0431 e. The standard InChI is InChI=1S/C11H20ClNO/c12-7-1-2-8-13-9-3-5-11(13)6-4-10-14/h1-2,11,14H,3-10H2. The Labute approximate surface area is 91.6 Å². The van der Waals surface area contributed by atoms with Crippen LogP contribution in [0.1, 0.15) is 25.7 Å². The molecule has 2 nitrogen and oxygen atoms in total. The summed E-state index contributed by atoms with van der Waals surface area (Å²) in [5.41, 5.74) is 0. The van der Waals surface area contributed by atoms with E-state index in [1.54, 1.807) is 0 Å². The normalized spacial score (nSPS) is 23.7. The maximum Gasteiger partial charge on any atom is 0.0431 e. The third-order valence-electron chi connectivity index (χ3n) is 2.79. The molecule has 0 amide bonds. The van der Waals surface area contributed by atoms with Crippen LogP contribution in [0.5, 0.6) is 0 Å². The maximum atomic E-state index is 8.78. The lowest BCUT2D eigenvalue weighted by molar-refractivity contribution is 0.230. The van der Waals surface area contributed by atoms with Gasteiger partial charge < -0.3 is 5.11 Å². The molecule has 1 atom stereocenters. The molecule has 82 valence electrons. The van der Waals surface area contributed by atoms with Crippen molar-refractivity contribution >= 4 is 11.6 Å². The molecule has 1 heterocycles. The number of alkyl halides is 1. The fourth-order valence-corrected chi connectivity index (χ4v) is 2.19. The van der Waals surface area contributed by atoms with Gasteiger partial charge in [0.05, 0.1) is 0 Å². The maximum absolute atomic E-state index is 8.78. The number of hydrogen-bond donors (Lipinski definition) is 1. The van der Waals surface area contributed by atoms with Crippen LogP contribution >= 0.6 is 11.6 Å². The van der Waals surface area contributed by atoms with Gasteiger partial charge in [-0.3, -0.25) is 4.90 Å². The van der Waals surface area contributed by atoms with E-state index in [0.717, 1.165) is 19.4 Å². The highest BCUT2D eigenvalue weighted by Crippen LogP contribution is 2.20. The number of likely N-dealkylation sites (tertiary alicyclic amines) is 1. The molecule has 1 rings (SSSR count). The Kier molecular flexibility index (Phi) is 6.24. The van der Waals surface area contributed by atoms with E-state index in [9.17, 15) is 0 Å². The average molecular weight is 218 g/mol. The van der Waals surface area contributed by atoms with Gasteiger partial charge in [-0.25, -0.2) is 0 Å². The van der Waals surface area contributed by atoms with Crippen molar-refractivity contribution in [1.29, 1.82) is 0 Å². The summed E-state index contributed by atoms with van der Waals surface area (Å²) in [5, 5.41) is 8.78. The Balaban J connectivity index is 2.24. The van der Waals surface area contributed by atoms with Crippen molar-refractivity contribution in [2.75, 3.05) is 25.6 Å². The molecule has 0 aromatic heterocycles. The van der Waals surface area contributed by atoms with E-state index in [1.807, 2.05) is 6.08 Å². The second-order valence-electron chi connectivity index (χ2n) is 3.78. The zero-order valence-corrected chi connectivity index (χ0v) is 9.42. The molecule has 0 aromatic carbocycles. The SMILES string of the molecule is OCCCC1CCCN1CC=CCCl. The fourth-order valence-electron chi connectivity index (χ4n) is 2.06. The first-order chi connectivity index (χ1) is 6.88. The lowest BCUT2D eigenvalue weighted by Gasteiger charge is -2.22. The van der Waals surface area contributed by atoms with Gasteiger partial charge in [-0.15, -0.1) is 11.6 Å². The predicted octanol–water partition coefficient (Wildman–Crippen LogP) is 2.02. The minimum absolute atomic E-state index is 0.321. The first-order valence-electron chi connectivity index (χ1n) is 5.44. The fraction of sp³-hybridized carbons (Fsp3) is 0.818. The number of aliphatic hydroxyl groups excluding tert-OH is 1. The van der Waals surface area contributed by atoms with Crippen LogP contribution in [0.3, 0.4) is 0 Å². The van der Waals surface area contributed by atoms with E-state index in [4.69, 9.17) is 16.7 Å². The van der Waals surface area contributed by atoms with Crippen LogP contribution in [0, 0.1) is 0 Å². The third-order valence-corrected chi connectivity index (χ3v) is 2.97. The highest BCUT2D eigenvalue weighted by atomic mass is 35.5. The highest BCUT2D eigenvalue weighted by Gasteiger charge is 2.22. The molecule has 3 heteroatoms. The van der Waals surface area contributed by atoms with Crippen molar-refractivity contribution in [3.8, 4) is 0 Å². The molecule has 0 spiro atoms. The van der Waals surface area contributed by atoms with Crippen molar-refractivity contribution in [2.45, 2.75) is 31.7 Å². The molecule has 1 N–H and O–H groups in total. The average Bonchev–Trinajstić information content (AvgIpc) is 2.63. The van der Waals surface area contributed by atoms with Gasteiger partial charge in [0.15, 0.2) is 0 Å². The summed E-state index contributed by atoms with van der Waals surface area (Å²) >= 11 is 5.57. The minimum Gasteiger partial charge on any atom is -0.396 e. The Hall–Kier alpha value is -0.0500. The van der Waals surface area contributed by atoms with E-state index >= 15 is 0 Å². The van der Waals surface area contributed by atoms with Gasteiger partial charge >= 0.3 is 0 Å². The van der Waals surface area contributed by atoms with Gasteiger partial charge in [-0.2, -0.15) is 0 Å². The van der Waals surface area contributed by atoms with Crippen molar-refractivity contribution in [2.24, 2.45) is 0 Å². The topological polar surface area (TPSA) is 23.5 Å². The largest absolute Gasteiger partial charge is 0.396 e. The molecule has 0 aliphatic carbocycles. The van der Waals surface area contributed by atoms with E-state index in [0.29, 0.717) is 18.5 Å². The molecule has 1 saturated heterocycles. The molecule has 1 fully saturated rings. The molecular formula is C11H20ClNO. The van der Waals surface area contributed by atoms with Crippen LogP contribution in [0.4, 0.5) is 0 Å². The number of aliphatic hydroxyl groups is 1. The Morgan fingerprint density at radius 1 is 1.43 bits per heavy atom. The van der Waals surface area contributed by atoms with Gasteiger partial charge in [0.25, 0.3) is 0 Å². The van der Waals surface area contributed by atoms with Gasteiger partial charge in [0, 0.05) is 25.1 Å². The van der Waals surface area contributed by atoms with Crippen LogP contribution < -0.4 is 0 Å². The van der Waals surface area contributed by atoms with Crippen molar-refractivity contribution in [3.05, 3.63) is 12.2 Å². The lowest BCUT2D eigenvalue weighted by Crippen LogP contribution is -2.29. The van der Waals surface area contributed by atoms with E-state index < -0.39 is 0 Å². The van der Waals surface area contributed by atoms with Crippen LogP contribution in [0.15, 0.2) is 12.2 Å². The summed E-state index contributed by atoms with van der Waals surface area (Å²) < 4.78 is 0. The van der Waals surface area contributed by atoms with Crippen molar-refractivity contribution in [3.63, 3.8) is 0 Å². The highest BCUT2D eigenvalue weighted by molar-refractivity contribution is 6.18. The number of halogens is 1. The first-order valence-corrected chi connectivity index (χ1v) is 5.97. The first kappa shape index (κ1) is 12.0. The van der Waals surface area contributed by atoms with E-state index in [1.165, 1.54) is 19.4 Å². The van der Waals surface area contributed by atoms with Gasteiger partial charge in [-0.05, 0) is 32.2 Å². The zero-order valence-electron chi connectivity index (χ0n) is 8.66. The number of allylic oxidation sites excluding steroid dienone is 1. The summed E-state index contributed by atoms with van der Waals surface area (Å²) in [6, 6.07) is 0.683. The Morgan fingerprint density at radius 3 is 3.00 bits per heavy atom. The Morgan fingerprint density at radius 2 is 2.29 bits per heavy atom. The predicted molar refractivity (Wildman–Crippen MR) is 60.8 cm³/mol. The summed E-state index contributed by atoms with van der Waals surface area (Å²) in [6.07, 6.45) is 8.79. The number of nitrogens with zero attached hydrogens (tertiary/aromatic N) is 1. The summed E-state index contributed by atoms with van der Waals surface area (Å²) in [6.45, 7) is 2.54. The van der Waals surface area contributed by atoms with Crippen molar-refractivity contribution < 1.29 is 5.11 Å². The number of rotatable bonds is 6. The minimum atomic E-state index is 0.321. The number of hydrogen-bond acceptors (Lipinski definition) is 2. The van der Waals surface area contributed by atoms with Crippen LogP contribution in [-0.4, -0.2) is 41.6 Å². The summed E-state index contributed by atoms with van der Waals surface area (Å²) in [4.78, 5) is 2.48. The van der Waals surface area contributed by atoms with Crippen LogP contribution in [-0.2, 0) is 0 Å². The molecule has 0 radical (unpaired) electrons. The van der Waals surface area contributed by atoms with Gasteiger partial charge in [0.2, 0.25) is 0 Å². The molecule has 0 aromatic rings. The molecular weight excluding hydrogens is 198 g/mol. The van der Waals surface area contributed by atoms with Crippen LogP contribution in [0.25, 0.3) is 0 Å². The van der Waals surface area contributed by atoms with Crippen molar-refractivity contribution in [1.82, 2.24) is 4.90 Å². The Bertz CT molecular complexity index is 173.